The van der Waals surface area contributed by atoms with Crippen LogP contribution >= 0.6 is 0 Å². The number of hydrogen-bond acceptors (Lipinski definition) is 4. The number of nitrogens with one attached hydrogen (secondary N) is 2. The number of rotatable bonds is 10. The summed E-state index contributed by atoms with van der Waals surface area (Å²) in [5.41, 5.74) is 1.18. The van der Waals surface area contributed by atoms with Crippen molar-refractivity contribution in [3.63, 3.8) is 0 Å². The second kappa shape index (κ2) is 11.5. The smallest absolute Gasteiger partial charge is 0.191 e. The Balaban J connectivity index is 1.55. The molecule has 2 aromatic rings. The summed E-state index contributed by atoms with van der Waals surface area (Å²) in [6, 6.07) is 12.3. The van der Waals surface area contributed by atoms with Crippen molar-refractivity contribution in [2.24, 2.45) is 4.99 Å². The van der Waals surface area contributed by atoms with Gasteiger partial charge in [0.15, 0.2) is 5.96 Å². The van der Waals surface area contributed by atoms with Crippen molar-refractivity contribution in [2.45, 2.75) is 51.7 Å². The molecule has 1 atom stereocenters. The Kier molecular flexibility index (Phi) is 8.43. The van der Waals surface area contributed by atoms with Crippen molar-refractivity contribution in [1.29, 1.82) is 0 Å². The summed E-state index contributed by atoms with van der Waals surface area (Å²) in [5.74, 6) is 2.76. The van der Waals surface area contributed by atoms with Gasteiger partial charge in [-0.2, -0.15) is 0 Å². The van der Waals surface area contributed by atoms with E-state index in [4.69, 9.17) is 18.9 Å². The summed E-state index contributed by atoms with van der Waals surface area (Å²) < 4.78 is 16.8. The zero-order chi connectivity index (χ0) is 20.3. The van der Waals surface area contributed by atoms with Crippen LogP contribution in [-0.4, -0.2) is 38.4 Å². The number of furan rings is 1. The van der Waals surface area contributed by atoms with Crippen molar-refractivity contribution in [2.75, 3.05) is 26.3 Å². The largest absolute Gasteiger partial charge is 0.493 e. The fourth-order valence-electron chi connectivity index (χ4n) is 3.29. The summed E-state index contributed by atoms with van der Waals surface area (Å²) in [6.07, 6.45) is 5.75. The number of aliphatic imine (C=N–C) groups is 1. The standard InChI is InChI=1S/C23H33N3O3/c1-18(2)27-15-6-5-13-24-23(25-14-11-19-8-7-16-28-19)26-21-12-17-29-22-10-4-3-9-20(21)22/h3-4,7-10,16,18,21H,5-6,11-15,17H2,1-2H3,(H2,24,25,26). The number of nitrogens with zero attached hydrogens (tertiary/aromatic N) is 1. The number of benzene rings is 1. The monoisotopic (exact) mass is 399 g/mol. The molecule has 2 N–H and O–H groups in total. The lowest BCUT2D eigenvalue weighted by Gasteiger charge is -2.28. The van der Waals surface area contributed by atoms with Crippen LogP contribution in [0.2, 0.25) is 0 Å². The van der Waals surface area contributed by atoms with E-state index < -0.39 is 0 Å². The van der Waals surface area contributed by atoms with Crippen LogP contribution in [0.5, 0.6) is 5.75 Å². The molecule has 0 radical (unpaired) electrons. The van der Waals surface area contributed by atoms with Crippen LogP contribution in [0, 0.1) is 0 Å². The zero-order valence-electron chi connectivity index (χ0n) is 17.5. The zero-order valence-corrected chi connectivity index (χ0v) is 17.5. The number of para-hydroxylation sites is 1. The van der Waals surface area contributed by atoms with Crippen LogP contribution in [-0.2, 0) is 11.2 Å². The third kappa shape index (κ3) is 7.13. The summed E-state index contributed by atoms with van der Waals surface area (Å²) in [5, 5.41) is 7.05. The van der Waals surface area contributed by atoms with E-state index in [2.05, 4.69) is 36.6 Å². The Morgan fingerprint density at radius 3 is 2.93 bits per heavy atom. The molecule has 1 aromatic carbocycles. The van der Waals surface area contributed by atoms with Crippen LogP contribution in [0.1, 0.15) is 50.5 Å². The third-order valence-corrected chi connectivity index (χ3v) is 4.79. The van der Waals surface area contributed by atoms with Gasteiger partial charge < -0.3 is 24.5 Å². The molecule has 0 fully saturated rings. The molecule has 0 saturated carbocycles. The summed E-state index contributed by atoms with van der Waals surface area (Å²) in [7, 11) is 0. The number of unbranched alkanes of at least 4 members (excludes halogenated alkanes) is 1. The van der Waals surface area contributed by atoms with E-state index in [0.29, 0.717) is 6.61 Å². The van der Waals surface area contributed by atoms with Gasteiger partial charge in [0.05, 0.1) is 25.0 Å². The minimum Gasteiger partial charge on any atom is -0.493 e. The van der Waals surface area contributed by atoms with Crippen LogP contribution in [0.25, 0.3) is 0 Å². The molecular formula is C23H33N3O3. The molecule has 0 amide bonds. The van der Waals surface area contributed by atoms with Crippen LogP contribution in [0.3, 0.4) is 0 Å². The molecular weight excluding hydrogens is 366 g/mol. The Hall–Kier alpha value is -2.47. The molecule has 0 bridgehead atoms. The molecule has 3 rings (SSSR count). The lowest BCUT2D eigenvalue weighted by Crippen LogP contribution is -2.42. The molecule has 0 aliphatic carbocycles. The lowest BCUT2D eigenvalue weighted by atomic mass is 10.0. The Morgan fingerprint density at radius 2 is 2.10 bits per heavy atom. The topological polar surface area (TPSA) is 68.0 Å². The fraction of sp³-hybridized carbons (Fsp3) is 0.522. The predicted octanol–water partition coefficient (Wildman–Crippen LogP) is 4.09. The van der Waals surface area contributed by atoms with Crippen molar-refractivity contribution in [3.8, 4) is 5.75 Å². The Labute approximate surface area is 173 Å². The highest BCUT2D eigenvalue weighted by atomic mass is 16.5. The van der Waals surface area contributed by atoms with Gasteiger partial charge in [-0.15, -0.1) is 0 Å². The highest BCUT2D eigenvalue weighted by Gasteiger charge is 2.21. The van der Waals surface area contributed by atoms with Gasteiger partial charge in [-0.25, -0.2) is 0 Å². The molecule has 6 heteroatoms. The van der Waals surface area contributed by atoms with Crippen molar-refractivity contribution in [1.82, 2.24) is 10.6 Å². The molecule has 2 heterocycles. The van der Waals surface area contributed by atoms with Gasteiger partial charge in [0.1, 0.15) is 11.5 Å². The Bertz CT molecular complexity index is 744. The number of guanidine groups is 1. The lowest BCUT2D eigenvalue weighted by molar-refractivity contribution is 0.0763. The van der Waals surface area contributed by atoms with E-state index in [1.165, 1.54) is 5.56 Å². The number of ether oxygens (including phenoxy) is 2. The van der Waals surface area contributed by atoms with Gasteiger partial charge in [-0.3, -0.25) is 4.99 Å². The van der Waals surface area contributed by atoms with Crippen molar-refractivity contribution < 1.29 is 13.9 Å². The average molecular weight is 400 g/mol. The third-order valence-electron chi connectivity index (χ3n) is 4.79. The Morgan fingerprint density at radius 1 is 1.21 bits per heavy atom. The first-order valence-electron chi connectivity index (χ1n) is 10.6. The van der Waals surface area contributed by atoms with Gasteiger partial charge in [0.25, 0.3) is 0 Å². The second-order valence-corrected chi connectivity index (χ2v) is 7.49. The molecule has 1 unspecified atom stereocenters. The minimum atomic E-state index is 0.194. The molecule has 29 heavy (non-hydrogen) atoms. The summed E-state index contributed by atoms with van der Waals surface area (Å²) >= 11 is 0. The van der Waals surface area contributed by atoms with E-state index in [-0.39, 0.29) is 12.1 Å². The molecule has 6 nitrogen and oxygen atoms in total. The van der Waals surface area contributed by atoms with Crippen LogP contribution in [0.15, 0.2) is 52.1 Å². The maximum Gasteiger partial charge on any atom is 0.191 e. The molecule has 0 spiro atoms. The second-order valence-electron chi connectivity index (χ2n) is 7.49. The van der Waals surface area contributed by atoms with Crippen LogP contribution in [0.4, 0.5) is 0 Å². The van der Waals surface area contributed by atoms with E-state index in [9.17, 15) is 0 Å². The maximum absolute atomic E-state index is 5.78. The highest BCUT2D eigenvalue weighted by Crippen LogP contribution is 2.31. The molecule has 1 aromatic heterocycles. The van der Waals surface area contributed by atoms with Gasteiger partial charge >= 0.3 is 0 Å². The maximum atomic E-state index is 5.78. The summed E-state index contributed by atoms with van der Waals surface area (Å²) in [6.45, 7) is 7.16. The predicted molar refractivity (Wildman–Crippen MR) is 115 cm³/mol. The fourth-order valence-corrected chi connectivity index (χ4v) is 3.29. The van der Waals surface area contributed by atoms with E-state index >= 15 is 0 Å². The average Bonchev–Trinajstić information content (AvgIpc) is 3.24. The first-order valence-corrected chi connectivity index (χ1v) is 10.6. The highest BCUT2D eigenvalue weighted by molar-refractivity contribution is 5.80. The normalized spacial score (nSPS) is 16.4. The van der Waals surface area contributed by atoms with Gasteiger partial charge in [-0.05, 0) is 44.9 Å². The number of hydrogen-bond donors (Lipinski definition) is 2. The van der Waals surface area contributed by atoms with E-state index in [1.807, 2.05) is 24.3 Å². The quantitative estimate of drug-likeness (QED) is 0.358. The molecule has 1 aliphatic heterocycles. The molecule has 158 valence electrons. The summed E-state index contributed by atoms with van der Waals surface area (Å²) in [4.78, 5) is 4.79. The van der Waals surface area contributed by atoms with Crippen molar-refractivity contribution >= 4 is 5.96 Å². The van der Waals surface area contributed by atoms with Gasteiger partial charge in [0.2, 0.25) is 0 Å². The van der Waals surface area contributed by atoms with Crippen molar-refractivity contribution in [3.05, 3.63) is 54.0 Å². The van der Waals surface area contributed by atoms with Gasteiger partial charge in [-0.1, -0.05) is 18.2 Å². The van der Waals surface area contributed by atoms with Crippen LogP contribution < -0.4 is 15.4 Å². The van der Waals surface area contributed by atoms with Gasteiger partial charge in [0, 0.05) is 38.1 Å². The minimum absolute atomic E-state index is 0.194. The van der Waals surface area contributed by atoms with E-state index in [1.54, 1.807) is 6.26 Å². The molecule has 0 saturated heterocycles. The van der Waals surface area contributed by atoms with E-state index in [0.717, 1.165) is 62.8 Å². The number of fused-ring (bicyclic) bond motifs is 1. The SMILES string of the molecule is CC(C)OCCCCN=C(NCCc1ccco1)NC1CCOc2ccccc21. The first-order chi connectivity index (χ1) is 14.2. The molecule has 1 aliphatic rings. The first kappa shape index (κ1) is 21.2.